The number of hydrogen-bond acceptors (Lipinski definition) is 6. The highest BCUT2D eigenvalue weighted by Crippen LogP contribution is 2.17. The molecule has 0 saturated heterocycles. The van der Waals surface area contributed by atoms with E-state index in [1.807, 2.05) is 0 Å². The molecule has 0 spiro atoms. The number of carboxylic acid groups (broad SMARTS) is 2. The van der Waals surface area contributed by atoms with E-state index in [1.165, 1.54) is 13.8 Å². The Hall–Kier alpha value is -1.50. The minimum Gasteiger partial charge on any atom is -0.478 e. The summed E-state index contributed by atoms with van der Waals surface area (Å²) in [6, 6.07) is 0. The summed E-state index contributed by atoms with van der Waals surface area (Å²) >= 11 is 0. The van der Waals surface area contributed by atoms with Gasteiger partial charge >= 0.3 is 11.9 Å². The SMILES string of the molecule is CCS(=O)(=O)NCCCC(C(=O)O)=C(CCCNS(=O)(=O)CC)C(=O)O. The van der Waals surface area contributed by atoms with Crippen LogP contribution in [0, 0.1) is 0 Å². The molecule has 0 rings (SSSR count). The third-order valence-corrected chi connectivity index (χ3v) is 6.30. The molecule has 0 radical (unpaired) electrons. The lowest BCUT2D eigenvalue weighted by atomic mass is 9.99. The molecular formula is C14H26N2O8S2. The number of carboxylic acids is 2. The summed E-state index contributed by atoms with van der Waals surface area (Å²) in [7, 11) is -6.81. The molecule has 0 saturated carbocycles. The van der Waals surface area contributed by atoms with Crippen LogP contribution in [0.15, 0.2) is 11.1 Å². The van der Waals surface area contributed by atoms with Crippen LogP contribution in [0.2, 0.25) is 0 Å². The largest absolute Gasteiger partial charge is 0.478 e. The van der Waals surface area contributed by atoms with E-state index in [2.05, 4.69) is 9.44 Å². The molecule has 0 aromatic rings. The van der Waals surface area contributed by atoms with Crippen molar-refractivity contribution < 1.29 is 36.6 Å². The molecular weight excluding hydrogens is 388 g/mol. The number of carbonyl (C=O) groups is 2. The van der Waals surface area contributed by atoms with Gasteiger partial charge in [-0.25, -0.2) is 35.9 Å². The average Bonchev–Trinajstić information content (AvgIpc) is 2.55. The molecule has 0 aliphatic rings. The van der Waals surface area contributed by atoms with Gasteiger partial charge in [-0.2, -0.15) is 0 Å². The van der Waals surface area contributed by atoms with E-state index in [0.29, 0.717) is 0 Å². The molecule has 0 amide bonds. The maximum absolute atomic E-state index is 11.4. The number of rotatable bonds is 14. The molecule has 10 nitrogen and oxygen atoms in total. The van der Waals surface area contributed by atoms with Crippen molar-refractivity contribution in [2.24, 2.45) is 0 Å². The fourth-order valence-electron chi connectivity index (χ4n) is 1.96. The van der Waals surface area contributed by atoms with E-state index in [1.54, 1.807) is 0 Å². The molecule has 0 aromatic carbocycles. The number of sulfonamides is 2. The van der Waals surface area contributed by atoms with Crippen molar-refractivity contribution in [1.82, 2.24) is 9.44 Å². The molecule has 12 heteroatoms. The normalized spacial score (nSPS) is 13.3. The Bertz CT molecular complexity index is 664. The van der Waals surface area contributed by atoms with E-state index in [4.69, 9.17) is 0 Å². The Balaban J connectivity index is 4.91. The quantitative estimate of drug-likeness (QED) is 0.226. The van der Waals surface area contributed by atoms with Gasteiger partial charge in [0, 0.05) is 24.2 Å². The number of hydrogen-bond donors (Lipinski definition) is 4. The summed E-state index contributed by atoms with van der Waals surface area (Å²) in [5, 5.41) is 18.5. The molecule has 0 heterocycles. The van der Waals surface area contributed by atoms with Crippen molar-refractivity contribution in [1.29, 1.82) is 0 Å². The van der Waals surface area contributed by atoms with Crippen molar-refractivity contribution in [3.8, 4) is 0 Å². The molecule has 0 atom stereocenters. The Morgan fingerprint density at radius 1 is 0.731 bits per heavy atom. The second-order valence-corrected chi connectivity index (χ2v) is 9.56. The van der Waals surface area contributed by atoms with Gasteiger partial charge in [-0.3, -0.25) is 0 Å². The van der Waals surface area contributed by atoms with Crippen LogP contribution in [0.4, 0.5) is 0 Å². The van der Waals surface area contributed by atoms with E-state index >= 15 is 0 Å². The van der Waals surface area contributed by atoms with Gasteiger partial charge in [0.25, 0.3) is 0 Å². The topological polar surface area (TPSA) is 167 Å². The summed E-state index contributed by atoms with van der Waals surface area (Å²) in [6.45, 7) is 2.91. The van der Waals surface area contributed by atoms with Crippen LogP contribution in [0.3, 0.4) is 0 Å². The first-order valence-electron chi connectivity index (χ1n) is 8.09. The summed E-state index contributed by atoms with van der Waals surface area (Å²) < 4.78 is 49.8. The third-order valence-electron chi connectivity index (χ3n) is 3.49. The molecule has 0 aliphatic carbocycles. The molecule has 0 unspecified atom stereocenters. The van der Waals surface area contributed by atoms with E-state index in [-0.39, 0.29) is 61.4 Å². The van der Waals surface area contributed by atoms with Crippen molar-refractivity contribution in [3.05, 3.63) is 11.1 Å². The third kappa shape index (κ3) is 9.85. The second-order valence-electron chi connectivity index (χ2n) is 5.37. The molecule has 0 aliphatic heterocycles. The number of nitrogens with one attached hydrogen (secondary N) is 2. The van der Waals surface area contributed by atoms with Gasteiger partial charge in [0.05, 0.1) is 11.5 Å². The smallest absolute Gasteiger partial charge is 0.332 e. The second kappa shape index (κ2) is 11.3. The lowest BCUT2D eigenvalue weighted by molar-refractivity contribution is -0.136. The van der Waals surface area contributed by atoms with Gasteiger partial charge in [0.15, 0.2) is 0 Å². The first kappa shape index (κ1) is 24.5. The number of aliphatic carboxylic acids is 2. The van der Waals surface area contributed by atoms with Crippen molar-refractivity contribution in [2.45, 2.75) is 39.5 Å². The summed E-state index contributed by atoms with van der Waals surface area (Å²) in [6.07, 6.45) is 0.00793. The van der Waals surface area contributed by atoms with Gasteiger partial charge < -0.3 is 10.2 Å². The summed E-state index contributed by atoms with van der Waals surface area (Å²) in [5.74, 6) is -3.00. The fraction of sp³-hybridized carbons (Fsp3) is 0.714. The summed E-state index contributed by atoms with van der Waals surface area (Å²) in [5.41, 5.74) is -0.627. The lowest BCUT2D eigenvalue weighted by Gasteiger charge is -2.10. The van der Waals surface area contributed by atoms with Crippen LogP contribution in [-0.2, 0) is 29.6 Å². The van der Waals surface area contributed by atoms with Crippen molar-refractivity contribution in [2.75, 3.05) is 24.6 Å². The zero-order valence-corrected chi connectivity index (χ0v) is 16.5. The van der Waals surface area contributed by atoms with E-state index < -0.39 is 32.0 Å². The van der Waals surface area contributed by atoms with Gasteiger partial charge in [-0.1, -0.05) is 0 Å². The van der Waals surface area contributed by atoms with Crippen LogP contribution >= 0.6 is 0 Å². The zero-order valence-electron chi connectivity index (χ0n) is 14.8. The highest BCUT2D eigenvalue weighted by atomic mass is 32.2. The van der Waals surface area contributed by atoms with E-state index in [0.717, 1.165) is 0 Å². The molecule has 26 heavy (non-hydrogen) atoms. The Kier molecular flexibility index (Phi) is 10.6. The highest BCUT2D eigenvalue weighted by molar-refractivity contribution is 7.89. The Morgan fingerprint density at radius 3 is 1.27 bits per heavy atom. The van der Waals surface area contributed by atoms with Gasteiger partial charge in [0.2, 0.25) is 20.0 Å². The van der Waals surface area contributed by atoms with Crippen LogP contribution in [-0.4, -0.2) is 63.6 Å². The van der Waals surface area contributed by atoms with E-state index in [9.17, 15) is 36.6 Å². The van der Waals surface area contributed by atoms with Gasteiger partial charge in [0.1, 0.15) is 0 Å². The molecule has 0 bridgehead atoms. The lowest BCUT2D eigenvalue weighted by Crippen LogP contribution is -2.27. The first-order chi connectivity index (χ1) is 12.0. The Labute approximate surface area is 153 Å². The molecule has 152 valence electrons. The first-order valence-corrected chi connectivity index (χ1v) is 11.4. The minimum absolute atomic E-state index is 0.00382. The predicted octanol–water partition coefficient (Wildman–Crippen LogP) is -0.109. The standard InChI is InChI=1S/C14H26N2O8S2/c1-3-25(21,22)15-9-5-7-11(13(17)18)12(14(19)20)8-6-10-16-26(23,24)4-2/h15-16H,3-10H2,1-2H3,(H,17,18)(H,19,20). The molecule has 0 aromatic heterocycles. The maximum atomic E-state index is 11.4. The van der Waals surface area contributed by atoms with Crippen LogP contribution in [0.5, 0.6) is 0 Å². The highest BCUT2D eigenvalue weighted by Gasteiger charge is 2.20. The maximum Gasteiger partial charge on any atom is 0.332 e. The molecule has 0 fully saturated rings. The van der Waals surface area contributed by atoms with Crippen LogP contribution < -0.4 is 9.44 Å². The zero-order chi connectivity index (χ0) is 20.4. The molecule has 4 N–H and O–H groups in total. The predicted molar refractivity (Wildman–Crippen MR) is 95.7 cm³/mol. The monoisotopic (exact) mass is 414 g/mol. The summed E-state index contributed by atoms with van der Waals surface area (Å²) in [4.78, 5) is 22.7. The van der Waals surface area contributed by atoms with Crippen LogP contribution in [0.1, 0.15) is 39.5 Å². The average molecular weight is 415 g/mol. The minimum atomic E-state index is -3.40. The van der Waals surface area contributed by atoms with Gasteiger partial charge in [-0.15, -0.1) is 0 Å². The van der Waals surface area contributed by atoms with Gasteiger partial charge in [-0.05, 0) is 39.5 Å². The fourth-order valence-corrected chi connectivity index (χ4v) is 3.28. The van der Waals surface area contributed by atoms with Crippen LogP contribution in [0.25, 0.3) is 0 Å². The Morgan fingerprint density at radius 2 is 1.04 bits per heavy atom. The van der Waals surface area contributed by atoms with Crippen molar-refractivity contribution in [3.63, 3.8) is 0 Å². The van der Waals surface area contributed by atoms with Crippen molar-refractivity contribution >= 4 is 32.0 Å².